The molecule has 0 fully saturated rings. The Morgan fingerprint density at radius 3 is 2.24 bits per heavy atom. The molecule has 0 spiro atoms. The van der Waals surface area contributed by atoms with Gasteiger partial charge in [-0.2, -0.15) is 0 Å². The summed E-state index contributed by atoms with van der Waals surface area (Å²) in [4.78, 5) is 0. The molecule has 0 heterocycles. The van der Waals surface area contributed by atoms with Crippen LogP contribution >= 0.6 is 0 Å². The van der Waals surface area contributed by atoms with Crippen molar-refractivity contribution >= 4 is 10.0 Å². The van der Waals surface area contributed by atoms with Crippen molar-refractivity contribution in [1.29, 1.82) is 0 Å². The van der Waals surface area contributed by atoms with Crippen LogP contribution in [-0.4, -0.2) is 27.7 Å². The quantitative estimate of drug-likeness (QED) is 0.726. The monoisotopic (exact) mass is 314 g/mol. The molecule has 1 unspecified atom stereocenters. The van der Waals surface area contributed by atoms with Gasteiger partial charge in [0.05, 0.1) is 12.4 Å². The Labute approximate surface area is 127 Å². The molecule has 6 heteroatoms. The minimum absolute atomic E-state index is 0.0345. The molecular formula is C15H26N2O3S. The van der Waals surface area contributed by atoms with E-state index in [-0.39, 0.29) is 17.7 Å². The number of hydrogen-bond donors (Lipinski definition) is 2. The summed E-state index contributed by atoms with van der Waals surface area (Å²) in [6.07, 6.45) is 0. The average molecular weight is 314 g/mol. The third-order valence-corrected chi connectivity index (χ3v) is 4.63. The minimum atomic E-state index is -3.39. The number of ether oxygens (including phenoxy) is 1. The summed E-state index contributed by atoms with van der Waals surface area (Å²) < 4.78 is 32.6. The smallest absolute Gasteiger partial charge is 0.216 e. The zero-order valence-corrected chi connectivity index (χ0v) is 13.8. The van der Waals surface area contributed by atoms with Crippen LogP contribution in [0.2, 0.25) is 0 Å². The Morgan fingerprint density at radius 1 is 1.19 bits per heavy atom. The van der Waals surface area contributed by atoms with Crippen molar-refractivity contribution in [3.05, 3.63) is 35.4 Å². The highest BCUT2D eigenvalue weighted by atomic mass is 32.2. The first-order valence-corrected chi connectivity index (χ1v) is 8.88. The van der Waals surface area contributed by atoms with E-state index in [1.54, 1.807) is 12.1 Å². The maximum Gasteiger partial charge on any atom is 0.216 e. The molecule has 1 rings (SSSR count). The fourth-order valence-electron chi connectivity index (χ4n) is 1.87. The molecule has 1 aromatic carbocycles. The molecule has 0 aliphatic carbocycles. The highest BCUT2D eigenvalue weighted by Crippen LogP contribution is 2.10. The van der Waals surface area contributed by atoms with Crippen molar-refractivity contribution in [2.75, 3.05) is 13.2 Å². The Balaban J connectivity index is 2.70. The first-order chi connectivity index (χ1) is 9.88. The lowest BCUT2D eigenvalue weighted by atomic mass is 10.1. The van der Waals surface area contributed by atoms with E-state index in [0.29, 0.717) is 19.8 Å². The number of hydrogen-bond acceptors (Lipinski definition) is 4. The molecule has 0 amide bonds. The van der Waals surface area contributed by atoms with Crippen LogP contribution in [0.1, 0.15) is 31.9 Å². The van der Waals surface area contributed by atoms with Gasteiger partial charge in [-0.3, -0.25) is 0 Å². The topological polar surface area (TPSA) is 81.4 Å². The molecule has 21 heavy (non-hydrogen) atoms. The molecule has 0 aromatic heterocycles. The van der Waals surface area contributed by atoms with Crippen LogP contribution in [0, 0.1) is 5.92 Å². The zero-order chi connectivity index (χ0) is 15.9. The lowest BCUT2D eigenvalue weighted by Crippen LogP contribution is -2.42. The third kappa shape index (κ3) is 6.56. The van der Waals surface area contributed by atoms with Crippen LogP contribution in [0.4, 0.5) is 0 Å². The van der Waals surface area contributed by atoms with Gasteiger partial charge in [0.25, 0.3) is 0 Å². The molecule has 5 nitrogen and oxygen atoms in total. The maximum absolute atomic E-state index is 12.2. The van der Waals surface area contributed by atoms with Gasteiger partial charge in [-0.15, -0.1) is 0 Å². The number of benzene rings is 1. The van der Waals surface area contributed by atoms with E-state index in [1.807, 2.05) is 32.9 Å². The number of nitrogens with one attached hydrogen (secondary N) is 1. The van der Waals surface area contributed by atoms with E-state index in [9.17, 15) is 8.42 Å². The summed E-state index contributed by atoms with van der Waals surface area (Å²) in [7, 11) is -3.39. The van der Waals surface area contributed by atoms with Crippen molar-refractivity contribution in [3.63, 3.8) is 0 Å². The van der Waals surface area contributed by atoms with Gasteiger partial charge in [0, 0.05) is 19.2 Å². The second-order valence-electron chi connectivity index (χ2n) is 5.41. The summed E-state index contributed by atoms with van der Waals surface area (Å²) in [5, 5.41) is 0. The van der Waals surface area contributed by atoms with Crippen molar-refractivity contribution in [1.82, 2.24) is 4.72 Å². The normalized spacial score (nSPS) is 13.6. The van der Waals surface area contributed by atoms with E-state index in [2.05, 4.69) is 4.72 Å². The van der Waals surface area contributed by atoms with Crippen molar-refractivity contribution in [3.8, 4) is 0 Å². The van der Waals surface area contributed by atoms with Gasteiger partial charge in [0.1, 0.15) is 0 Å². The van der Waals surface area contributed by atoms with Gasteiger partial charge in [-0.25, -0.2) is 13.1 Å². The molecule has 0 aliphatic heterocycles. The molecule has 0 saturated heterocycles. The first kappa shape index (κ1) is 18.1. The van der Waals surface area contributed by atoms with Gasteiger partial charge < -0.3 is 10.5 Å². The summed E-state index contributed by atoms with van der Waals surface area (Å²) in [6.45, 7) is 7.26. The van der Waals surface area contributed by atoms with E-state index in [4.69, 9.17) is 10.5 Å². The average Bonchev–Trinajstić information content (AvgIpc) is 2.43. The maximum atomic E-state index is 12.2. The van der Waals surface area contributed by atoms with E-state index in [1.165, 1.54) is 0 Å². The van der Waals surface area contributed by atoms with Gasteiger partial charge in [0.2, 0.25) is 10.0 Å². The minimum Gasteiger partial charge on any atom is -0.380 e. The van der Waals surface area contributed by atoms with Crippen molar-refractivity contribution in [2.45, 2.75) is 39.1 Å². The number of sulfonamides is 1. The molecule has 120 valence electrons. The van der Waals surface area contributed by atoms with Crippen LogP contribution in [0.25, 0.3) is 0 Å². The molecule has 0 bridgehead atoms. The fraction of sp³-hybridized carbons (Fsp3) is 0.600. The highest BCUT2D eigenvalue weighted by Gasteiger charge is 2.21. The van der Waals surface area contributed by atoms with Gasteiger partial charge >= 0.3 is 0 Å². The van der Waals surface area contributed by atoms with Crippen LogP contribution in [0.3, 0.4) is 0 Å². The van der Waals surface area contributed by atoms with Gasteiger partial charge in [-0.1, -0.05) is 38.1 Å². The summed E-state index contributed by atoms with van der Waals surface area (Å²) >= 11 is 0. The predicted octanol–water partition coefficient (Wildman–Crippen LogP) is 1.63. The van der Waals surface area contributed by atoms with Crippen LogP contribution in [-0.2, 0) is 27.1 Å². The summed E-state index contributed by atoms with van der Waals surface area (Å²) in [5.74, 6) is 0.138. The van der Waals surface area contributed by atoms with Crippen LogP contribution in [0.15, 0.2) is 24.3 Å². The lowest BCUT2D eigenvalue weighted by molar-refractivity contribution is 0.116. The molecule has 0 radical (unpaired) electrons. The predicted molar refractivity (Wildman–Crippen MR) is 85.2 cm³/mol. The Kier molecular flexibility index (Phi) is 7.31. The number of nitrogens with two attached hydrogens (primary N) is 1. The fourth-order valence-corrected chi connectivity index (χ4v) is 3.39. The number of rotatable bonds is 9. The molecular weight excluding hydrogens is 288 g/mol. The van der Waals surface area contributed by atoms with E-state index in [0.717, 1.165) is 11.1 Å². The standard InChI is InChI=1S/C15H26N2O3S/c1-4-20-10-15(12(2)3)17-21(18,19)11-14-7-5-13(9-16)6-8-14/h5-8,12,15,17H,4,9-11,16H2,1-3H3. The van der Waals surface area contributed by atoms with Crippen LogP contribution in [0.5, 0.6) is 0 Å². The summed E-state index contributed by atoms with van der Waals surface area (Å²) in [6, 6.07) is 7.09. The lowest BCUT2D eigenvalue weighted by Gasteiger charge is -2.22. The van der Waals surface area contributed by atoms with E-state index >= 15 is 0 Å². The first-order valence-electron chi connectivity index (χ1n) is 7.23. The molecule has 3 N–H and O–H groups in total. The summed E-state index contributed by atoms with van der Waals surface area (Å²) in [5.41, 5.74) is 7.26. The third-order valence-electron chi connectivity index (χ3n) is 3.25. The Bertz CT molecular complexity index is 512. The van der Waals surface area contributed by atoms with Crippen molar-refractivity contribution < 1.29 is 13.2 Å². The highest BCUT2D eigenvalue weighted by molar-refractivity contribution is 7.88. The largest absolute Gasteiger partial charge is 0.380 e. The van der Waals surface area contributed by atoms with Gasteiger partial charge in [0.15, 0.2) is 0 Å². The Hall–Kier alpha value is -0.950. The molecule has 0 saturated carbocycles. The van der Waals surface area contributed by atoms with Crippen LogP contribution < -0.4 is 10.5 Å². The molecule has 1 aromatic rings. The SMILES string of the molecule is CCOCC(NS(=O)(=O)Cc1ccc(CN)cc1)C(C)C. The van der Waals surface area contributed by atoms with E-state index < -0.39 is 10.0 Å². The van der Waals surface area contributed by atoms with Crippen molar-refractivity contribution in [2.24, 2.45) is 11.7 Å². The molecule has 1 atom stereocenters. The molecule has 0 aliphatic rings. The second-order valence-corrected chi connectivity index (χ2v) is 7.16. The zero-order valence-electron chi connectivity index (χ0n) is 13.0. The Morgan fingerprint density at radius 2 is 1.76 bits per heavy atom. The second kappa shape index (κ2) is 8.48. The van der Waals surface area contributed by atoms with Gasteiger partial charge in [-0.05, 0) is 24.0 Å².